The van der Waals surface area contributed by atoms with Gasteiger partial charge in [-0.25, -0.2) is 0 Å². The number of rotatable bonds is 2. The molecule has 0 amide bonds. The minimum atomic E-state index is 0.581. The van der Waals surface area contributed by atoms with E-state index in [4.69, 9.17) is 0 Å². The Hall–Kier alpha value is -2.93. The topological polar surface area (TPSA) is 65.4 Å². The second-order valence-electron chi connectivity index (χ2n) is 4.51. The quantitative estimate of drug-likeness (QED) is 0.768. The van der Waals surface area contributed by atoms with Crippen molar-refractivity contribution in [2.75, 3.05) is 0 Å². The van der Waals surface area contributed by atoms with Gasteiger partial charge in [0.15, 0.2) is 0 Å². The smallest absolute Gasteiger partial charge is 0.101 e. The first-order valence-electron chi connectivity index (χ1n) is 6.26. The highest BCUT2D eigenvalue weighted by atomic mass is 15.1. The molecular formula is C16H12N4. The fraction of sp³-hybridized carbons (Fsp3) is 0.0625. The maximum atomic E-state index is 9.22. The Bertz CT molecular complexity index is 782. The second-order valence-corrected chi connectivity index (χ2v) is 4.51. The Morgan fingerprint density at radius 2 is 1.95 bits per heavy atom. The summed E-state index contributed by atoms with van der Waals surface area (Å²) < 4.78 is 0. The molecule has 3 rings (SSSR count). The molecule has 0 aliphatic heterocycles. The molecule has 0 spiro atoms. The molecule has 0 saturated carbocycles. The molecule has 3 aromatic rings. The predicted molar refractivity (Wildman–Crippen MR) is 76.7 cm³/mol. The molecule has 20 heavy (non-hydrogen) atoms. The zero-order valence-corrected chi connectivity index (χ0v) is 11.0. The summed E-state index contributed by atoms with van der Waals surface area (Å²) in [5.74, 6) is 0. The molecule has 0 aliphatic rings. The standard InChI is InChI=1S/C16H12N4/c1-11-5-6-14(10-17)16(19-11)13-4-2-3-12(9-13)15-7-8-18-20-15/h2-9H,1H3,(H,18,20). The Kier molecular flexibility index (Phi) is 3.02. The van der Waals surface area contributed by atoms with E-state index in [-0.39, 0.29) is 0 Å². The van der Waals surface area contributed by atoms with Crippen molar-refractivity contribution in [2.24, 2.45) is 0 Å². The van der Waals surface area contributed by atoms with Crippen LogP contribution in [0.4, 0.5) is 0 Å². The molecule has 4 heteroatoms. The van der Waals surface area contributed by atoms with Crippen molar-refractivity contribution in [1.82, 2.24) is 15.2 Å². The first-order chi connectivity index (χ1) is 9.78. The highest BCUT2D eigenvalue weighted by Gasteiger charge is 2.08. The Labute approximate surface area is 116 Å². The summed E-state index contributed by atoms with van der Waals surface area (Å²) in [6, 6.07) is 15.7. The first kappa shape index (κ1) is 12.1. The van der Waals surface area contributed by atoms with E-state index in [2.05, 4.69) is 21.3 Å². The number of benzene rings is 1. The molecule has 96 valence electrons. The molecule has 0 unspecified atom stereocenters. The van der Waals surface area contributed by atoms with E-state index in [0.717, 1.165) is 22.5 Å². The lowest BCUT2D eigenvalue weighted by Crippen LogP contribution is -1.92. The highest BCUT2D eigenvalue weighted by Crippen LogP contribution is 2.26. The van der Waals surface area contributed by atoms with Crippen molar-refractivity contribution < 1.29 is 0 Å². The number of aromatic nitrogens is 3. The molecule has 1 N–H and O–H groups in total. The van der Waals surface area contributed by atoms with E-state index < -0.39 is 0 Å². The number of hydrogen-bond acceptors (Lipinski definition) is 3. The zero-order valence-electron chi connectivity index (χ0n) is 11.0. The first-order valence-corrected chi connectivity index (χ1v) is 6.26. The second kappa shape index (κ2) is 4.98. The van der Waals surface area contributed by atoms with Crippen LogP contribution in [0.1, 0.15) is 11.3 Å². The number of aromatic amines is 1. The fourth-order valence-electron chi connectivity index (χ4n) is 2.12. The lowest BCUT2D eigenvalue weighted by Gasteiger charge is -2.06. The summed E-state index contributed by atoms with van der Waals surface area (Å²) in [5, 5.41) is 16.1. The molecule has 4 nitrogen and oxygen atoms in total. The highest BCUT2D eigenvalue weighted by molar-refractivity contribution is 5.72. The van der Waals surface area contributed by atoms with Crippen LogP contribution < -0.4 is 0 Å². The number of nitrogens with one attached hydrogen (secondary N) is 1. The lowest BCUT2D eigenvalue weighted by molar-refractivity contribution is 1.10. The Morgan fingerprint density at radius 1 is 1.10 bits per heavy atom. The predicted octanol–water partition coefficient (Wildman–Crippen LogP) is 3.32. The average molecular weight is 260 g/mol. The summed E-state index contributed by atoms with van der Waals surface area (Å²) in [6.07, 6.45) is 1.72. The van der Waals surface area contributed by atoms with Gasteiger partial charge in [-0.2, -0.15) is 10.4 Å². The third kappa shape index (κ3) is 2.17. The molecule has 2 aromatic heterocycles. The van der Waals surface area contributed by atoms with Gasteiger partial charge >= 0.3 is 0 Å². The molecule has 1 aromatic carbocycles. The largest absolute Gasteiger partial charge is 0.278 e. The van der Waals surface area contributed by atoms with Crippen molar-refractivity contribution in [1.29, 1.82) is 5.26 Å². The van der Waals surface area contributed by atoms with Gasteiger partial charge in [-0.15, -0.1) is 0 Å². The molecule has 0 aliphatic carbocycles. The van der Waals surface area contributed by atoms with E-state index in [1.165, 1.54) is 0 Å². The number of aryl methyl sites for hydroxylation is 1. The zero-order chi connectivity index (χ0) is 13.9. The van der Waals surface area contributed by atoms with Crippen molar-refractivity contribution in [2.45, 2.75) is 6.92 Å². The van der Waals surface area contributed by atoms with Crippen molar-refractivity contribution in [3.63, 3.8) is 0 Å². The SMILES string of the molecule is Cc1ccc(C#N)c(-c2cccc(-c3ccn[nH]3)c2)n1. The minimum absolute atomic E-state index is 0.581. The van der Waals surface area contributed by atoms with Gasteiger partial charge in [-0.1, -0.05) is 18.2 Å². The third-order valence-corrected chi connectivity index (χ3v) is 3.10. The van der Waals surface area contributed by atoms with Gasteiger partial charge in [0.25, 0.3) is 0 Å². The van der Waals surface area contributed by atoms with Crippen LogP contribution in [0.15, 0.2) is 48.7 Å². The minimum Gasteiger partial charge on any atom is -0.278 e. The number of hydrogen-bond donors (Lipinski definition) is 1. The molecule has 0 fully saturated rings. The van der Waals surface area contributed by atoms with Crippen LogP contribution in [0, 0.1) is 18.3 Å². The number of nitriles is 1. The van der Waals surface area contributed by atoms with Crippen molar-refractivity contribution in [3.05, 3.63) is 59.9 Å². The van der Waals surface area contributed by atoms with Gasteiger partial charge in [0.1, 0.15) is 6.07 Å². The summed E-state index contributed by atoms with van der Waals surface area (Å²) in [4.78, 5) is 4.49. The van der Waals surface area contributed by atoms with E-state index in [9.17, 15) is 5.26 Å². The van der Waals surface area contributed by atoms with Gasteiger partial charge in [0.2, 0.25) is 0 Å². The van der Waals surface area contributed by atoms with Gasteiger partial charge in [0.05, 0.1) is 17.0 Å². The van der Waals surface area contributed by atoms with E-state index in [1.54, 1.807) is 12.3 Å². The van der Waals surface area contributed by atoms with Gasteiger partial charge in [-0.3, -0.25) is 10.1 Å². The molecule has 0 saturated heterocycles. The molecule has 0 radical (unpaired) electrons. The van der Waals surface area contributed by atoms with Crippen LogP contribution in [0.25, 0.3) is 22.5 Å². The summed E-state index contributed by atoms with van der Waals surface area (Å²) in [7, 11) is 0. The van der Waals surface area contributed by atoms with E-state index in [0.29, 0.717) is 11.3 Å². The van der Waals surface area contributed by atoms with Crippen LogP contribution >= 0.6 is 0 Å². The maximum Gasteiger partial charge on any atom is 0.101 e. The van der Waals surface area contributed by atoms with E-state index >= 15 is 0 Å². The van der Waals surface area contributed by atoms with Crippen LogP contribution in [0.2, 0.25) is 0 Å². The van der Waals surface area contributed by atoms with Crippen LogP contribution in [0.3, 0.4) is 0 Å². The summed E-state index contributed by atoms with van der Waals surface area (Å²) in [5.41, 5.74) is 5.08. The monoisotopic (exact) mass is 260 g/mol. The fourth-order valence-corrected chi connectivity index (χ4v) is 2.12. The van der Waals surface area contributed by atoms with Gasteiger partial charge < -0.3 is 0 Å². The van der Waals surface area contributed by atoms with Gasteiger partial charge in [-0.05, 0) is 31.2 Å². The van der Waals surface area contributed by atoms with Crippen LogP contribution in [-0.4, -0.2) is 15.2 Å². The average Bonchev–Trinajstić information content (AvgIpc) is 3.01. The normalized spacial score (nSPS) is 10.2. The number of pyridine rings is 1. The molecule has 0 atom stereocenters. The Morgan fingerprint density at radius 3 is 2.70 bits per heavy atom. The van der Waals surface area contributed by atoms with Crippen LogP contribution in [-0.2, 0) is 0 Å². The molecular weight excluding hydrogens is 248 g/mol. The molecule has 0 bridgehead atoms. The molecule has 2 heterocycles. The Balaban J connectivity index is 2.14. The van der Waals surface area contributed by atoms with Crippen molar-refractivity contribution >= 4 is 0 Å². The number of nitrogens with zero attached hydrogens (tertiary/aromatic N) is 3. The van der Waals surface area contributed by atoms with E-state index in [1.807, 2.05) is 43.3 Å². The summed E-state index contributed by atoms with van der Waals surface area (Å²) in [6.45, 7) is 1.92. The van der Waals surface area contributed by atoms with Crippen molar-refractivity contribution in [3.8, 4) is 28.6 Å². The summed E-state index contributed by atoms with van der Waals surface area (Å²) >= 11 is 0. The maximum absolute atomic E-state index is 9.22. The number of H-pyrrole nitrogens is 1. The van der Waals surface area contributed by atoms with Gasteiger partial charge in [0, 0.05) is 23.0 Å². The lowest BCUT2D eigenvalue weighted by atomic mass is 10.0. The third-order valence-electron chi connectivity index (χ3n) is 3.10. The van der Waals surface area contributed by atoms with Crippen LogP contribution in [0.5, 0.6) is 0 Å².